The molecule has 2 aliphatic heterocycles. The molecule has 2 amide bonds. The number of hydrogen-bond donors (Lipinski definition) is 1. The van der Waals surface area contributed by atoms with Crippen LogP contribution in [0.1, 0.15) is 24.8 Å². The van der Waals surface area contributed by atoms with Gasteiger partial charge in [-0.05, 0) is 36.6 Å². The number of hydrogen-bond acceptors (Lipinski definition) is 6. The van der Waals surface area contributed by atoms with E-state index < -0.39 is 0 Å². The number of fused-ring (bicyclic) bond motifs is 1. The van der Waals surface area contributed by atoms with Crippen molar-refractivity contribution >= 4 is 28.5 Å². The van der Waals surface area contributed by atoms with E-state index in [1.807, 2.05) is 52.1 Å². The van der Waals surface area contributed by atoms with Crippen LogP contribution in [-0.2, 0) is 20.7 Å². The second-order valence-corrected chi connectivity index (χ2v) is 8.76. The van der Waals surface area contributed by atoms with E-state index in [1.54, 1.807) is 0 Å². The molecule has 0 spiro atoms. The summed E-state index contributed by atoms with van der Waals surface area (Å²) in [5.41, 5.74) is 1.94. The van der Waals surface area contributed by atoms with Crippen molar-refractivity contribution < 1.29 is 14.3 Å². The minimum atomic E-state index is -0.0237. The van der Waals surface area contributed by atoms with E-state index in [1.165, 1.54) is 0 Å². The second kappa shape index (κ2) is 10.2. The summed E-state index contributed by atoms with van der Waals surface area (Å²) in [5, 5.41) is 12.9. The van der Waals surface area contributed by atoms with Gasteiger partial charge < -0.3 is 19.9 Å². The molecular weight excluding hydrogens is 432 g/mol. The van der Waals surface area contributed by atoms with Crippen LogP contribution in [0.5, 0.6) is 0 Å². The average Bonchev–Trinajstić information content (AvgIpc) is 3.46. The molecule has 9 nitrogen and oxygen atoms in total. The van der Waals surface area contributed by atoms with Gasteiger partial charge in [0, 0.05) is 50.7 Å². The summed E-state index contributed by atoms with van der Waals surface area (Å²) < 4.78 is 7.41. The van der Waals surface area contributed by atoms with Gasteiger partial charge in [0.15, 0.2) is 11.6 Å². The minimum Gasteiger partial charge on any atom is -0.378 e. The maximum Gasteiger partial charge on any atom is 0.224 e. The van der Waals surface area contributed by atoms with E-state index in [0.29, 0.717) is 32.7 Å². The Kier molecular flexibility index (Phi) is 6.71. The van der Waals surface area contributed by atoms with Crippen LogP contribution in [0, 0.1) is 0 Å². The van der Waals surface area contributed by atoms with E-state index in [4.69, 9.17) is 4.74 Å². The summed E-state index contributed by atoms with van der Waals surface area (Å²) >= 11 is 0. The van der Waals surface area contributed by atoms with Crippen molar-refractivity contribution in [2.24, 2.45) is 0 Å². The Bertz CT molecular complexity index is 1150. The Labute approximate surface area is 198 Å². The van der Waals surface area contributed by atoms with Gasteiger partial charge >= 0.3 is 0 Å². The monoisotopic (exact) mass is 462 g/mol. The third-order valence-corrected chi connectivity index (χ3v) is 6.46. The largest absolute Gasteiger partial charge is 0.378 e. The lowest BCUT2D eigenvalue weighted by molar-refractivity contribution is -0.127. The van der Waals surface area contributed by atoms with Gasteiger partial charge in [-0.1, -0.05) is 18.2 Å². The molecule has 2 fully saturated rings. The van der Waals surface area contributed by atoms with Crippen LogP contribution in [0.2, 0.25) is 0 Å². The zero-order valence-electron chi connectivity index (χ0n) is 19.3. The fraction of sp³-hybridized carbons (Fsp3) is 0.440. The first-order valence-electron chi connectivity index (χ1n) is 12.0. The summed E-state index contributed by atoms with van der Waals surface area (Å²) in [7, 11) is 0. The highest BCUT2D eigenvalue weighted by Crippen LogP contribution is 2.25. The van der Waals surface area contributed by atoms with Gasteiger partial charge in [-0.2, -0.15) is 0 Å². The lowest BCUT2D eigenvalue weighted by atomic mass is 10.1. The quantitative estimate of drug-likeness (QED) is 0.515. The minimum absolute atomic E-state index is 0.0237. The number of ether oxygens (including phenoxy) is 1. The van der Waals surface area contributed by atoms with Crippen LogP contribution in [0.15, 0.2) is 42.6 Å². The molecule has 2 aromatic heterocycles. The first-order chi connectivity index (χ1) is 16.7. The van der Waals surface area contributed by atoms with E-state index in [0.717, 1.165) is 60.6 Å². The zero-order valence-corrected chi connectivity index (χ0v) is 19.3. The molecule has 4 heterocycles. The lowest BCUT2D eigenvalue weighted by Gasteiger charge is -2.27. The summed E-state index contributed by atoms with van der Waals surface area (Å²) in [6.45, 7) is 5.14. The Morgan fingerprint density at radius 3 is 2.59 bits per heavy atom. The molecule has 3 aromatic rings. The molecule has 0 saturated carbocycles. The number of nitrogens with zero attached hydrogens (tertiary/aromatic N) is 5. The molecule has 34 heavy (non-hydrogen) atoms. The zero-order chi connectivity index (χ0) is 23.3. The fourth-order valence-corrected chi connectivity index (χ4v) is 4.66. The van der Waals surface area contributed by atoms with Crippen molar-refractivity contribution in [3.63, 3.8) is 0 Å². The molecule has 9 heteroatoms. The first-order valence-corrected chi connectivity index (χ1v) is 12.0. The topological polar surface area (TPSA) is 92.6 Å². The molecule has 0 aliphatic carbocycles. The van der Waals surface area contributed by atoms with Gasteiger partial charge in [-0.25, -0.2) is 0 Å². The fourth-order valence-electron chi connectivity index (χ4n) is 4.66. The van der Waals surface area contributed by atoms with E-state index in [9.17, 15) is 9.59 Å². The number of rotatable bonds is 8. The maximum atomic E-state index is 12.6. The molecule has 5 rings (SSSR count). The van der Waals surface area contributed by atoms with Crippen LogP contribution in [0.25, 0.3) is 16.7 Å². The van der Waals surface area contributed by atoms with Crippen molar-refractivity contribution in [1.29, 1.82) is 0 Å². The third kappa shape index (κ3) is 4.89. The van der Waals surface area contributed by atoms with Crippen LogP contribution in [0.3, 0.4) is 0 Å². The normalized spacial score (nSPS) is 16.4. The smallest absolute Gasteiger partial charge is 0.224 e. The molecule has 2 saturated heterocycles. The number of anilines is 1. The van der Waals surface area contributed by atoms with Gasteiger partial charge in [0.1, 0.15) is 0 Å². The molecule has 2 aliphatic rings. The lowest BCUT2D eigenvalue weighted by Crippen LogP contribution is -2.36. The van der Waals surface area contributed by atoms with Crippen LogP contribution >= 0.6 is 0 Å². The SMILES string of the molecule is O=C(Cc1cn(-c2ccc(N3CCOCC3)nn2)c2ccccc12)NCCCN1CCCC1=O. The first kappa shape index (κ1) is 22.3. The molecule has 0 atom stereocenters. The van der Waals surface area contributed by atoms with Crippen molar-refractivity contribution in [3.05, 3.63) is 48.2 Å². The molecular formula is C25H30N6O3. The maximum absolute atomic E-state index is 12.6. The second-order valence-electron chi connectivity index (χ2n) is 8.76. The average molecular weight is 463 g/mol. The Balaban J connectivity index is 1.25. The molecule has 1 aromatic carbocycles. The standard InChI is InChI=1S/C25H30N6O3/c32-24(26-10-4-12-30-11-3-7-25(30)33)17-19-18-31(21-6-2-1-5-20(19)21)23-9-8-22(27-28-23)29-13-15-34-16-14-29/h1-2,5-6,8-9,18H,3-4,7,10-17H2,(H,26,32). The number of benzene rings is 1. The number of aromatic nitrogens is 3. The van der Waals surface area contributed by atoms with Crippen molar-refractivity contribution in [3.8, 4) is 5.82 Å². The molecule has 0 bridgehead atoms. The Morgan fingerprint density at radius 2 is 1.82 bits per heavy atom. The van der Waals surface area contributed by atoms with E-state index in [-0.39, 0.29) is 18.2 Å². The van der Waals surface area contributed by atoms with Crippen molar-refractivity contribution in [2.75, 3.05) is 50.8 Å². The predicted octanol–water partition coefficient (Wildman–Crippen LogP) is 1.93. The number of nitrogens with one attached hydrogen (secondary N) is 1. The van der Waals surface area contributed by atoms with Crippen LogP contribution < -0.4 is 10.2 Å². The van der Waals surface area contributed by atoms with E-state index in [2.05, 4.69) is 20.4 Å². The summed E-state index contributed by atoms with van der Waals surface area (Å²) in [5.74, 6) is 1.76. The van der Waals surface area contributed by atoms with Gasteiger partial charge in [0.2, 0.25) is 11.8 Å². The molecule has 0 unspecified atom stereocenters. The number of amides is 2. The summed E-state index contributed by atoms with van der Waals surface area (Å²) in [6.07, 6.45) is 4.62. The molecule has 0 radical (unpaired) electrons. The van der Waals surface area contributed by atoms with Gasteiger partial charge in [-0.15, -0.1) is 10.2 Å². The summed E-state index contributed by atoms with van der Waals surface area (Å²) in [4.78, 5) is 28.4. The van der Waals surface area contributed by atoms with Gasteiger partial charge in [0.05, 0.1) is 25.2 Å². The van der Waals surface area contributed by atoms with Crippen molar-refractivity contribution in [2.45, 2.75) is 25.7 Å². The van der Waals surface area contributed by atoms with E-state index >= 15 is 0 Å². The number of morpholine rings is 1. The Morgan fingerprint density at radius 1 is 1.03 bits per heavy atom. The van der Waals surface area contributed by atoms with Gasteiger partial charge in [-0.3, -0.25) is 14.2 Å². The molecule has 1 N–H and O–H groups in total. The number of para-hydroxylation sites is 1. The predicted molar refractivity (Wildman–Crippen MR) is 129 cm³/mol. The van der Waals surface area contributed by atoms with Crippen LogP contribution in [0.4, 0.5) is 5.82 Å². The highest BCUT2D eigenvalue weighted by molar-refractivity contribution is 5.90. The third-order valence-electron chi connectivity index (χ3n) is 6.46. The number of carbonyl (C=O) groups is 2. The van der Waals surface area contributed by atoms with Crippen molar-refractivity contribution in [1.82, 2.24) is 25.0 Å². The van der Waals surface area contributed by atoms with Crippen LogP contribution in [-0.4, -0.2) is 77.4 Å². The highest BCUT2D eigenvalue weighted by Gasteiger charge is 2.19. The molecule has 178 valence electrons. The highest BCUT2D eigenvalue weighted by atomic mass is 16.5. The number of carbonyl (C=O) groups excluding carboxylic acids is 2. The number of likely N-dealkylation sites (tertiary alicyclic amines) is 1. The Hall–Kier alpha value is -3.46. The van der Waals surface area contributed by atoms with Gasteiger partial charge in [0.25, 0.3) is 0 Å². The summed E-state index contributed by atoms with van der Waals surface area (Å²) in [6, 6.07) is 12.0.